The summed E-state index contributed by atoms with van der Waals surface area (Å²) in [6.07, 6.45) is 0.384. The normalized spacial score (nSPS) is 10.5. The van der Waals surface area contributed by atoms with E-state index in [1.807, 2.05) is 30.3 Å². The fourth-order valence-electron chi connectivity index (χ4n) is 2.11. The summed E-state index contributed by atoms with van der Waals surface area (Å²) in [5, 5.41) is 0.237. The van der Waals surface area contributed by atoms with Gasteiger partial charge in [0.25, 0.3) is 0 Å². The molecule has 1 aromatic heterocycles. The smallest absolute Gasteiger partial charge is 0.220 e. The predicted octanol–water partition coefficient (Wildman–Crippen LogP) is 4.05. The molecule has 0 atom stereocenters. The third kappa shape index (κ3) is 4.06. The number of halogens is 1. The van der Waals surface area contributed by atoms with Crippen molar-refractivity contribution >= 4 is 17.4 Å². The fourth-order valence-corrected chi connectivity index (χ4v) is 2.30. The van der Waals surface area contributed by atoms with Crippen molar-refractivity contribution in [1.29, 1.82) is 0 Å². The van der Waals surface area contributed by atoms with Gasteiger partial charge in [0.05, 0.1) is 25.9 Å². The zero-order valence-electron chi connectivity index (χ0n) is 12.6. The molecule has 0 saturated heterocycles. The van der Waals surface area contributed by atoms with Crippen molar-refractivity contribution in [2.24, 2.45) is 0 Å². The number of hydrogen-bond donors (Lipinski definition) is 0. The van der Waals surface area contributed by atoms with E-state index in [0.29, 0.717) is 30.0 Å². The van der Waals surface area contributed by atoms with Crippen molar-refractivity contribution in [3.8, 4) is 5.88 Å². The molecule has 0 saturated carbocycles. The lowest BCUT2D eigenvalue weighted by atomic mass is 10.0. The number of pyridine rings is 1. The van der Waals surface area contributed by atoms with E-state index in [1.165, 1.54) is 7.11 Å². The van der Waals surface area contributed by atoms with Crippen LogP contribution in [0.3, 0.4) is 0 Å². The molecule has 0 bridgehead atoms. The largest absolute Gasteiger partial charge is 0.481 e. The molecule has 2 aromatic rings. The average Bonchev–Trinajstić information content (AvgIpc) is 2.55. The molecule has 4 nitrogen and oxygen atoms in total. The van der Waals surface area contributed by atoms with Gasteiger partial charge >= 0.3 is 0 Å². The van der Waals surface area contributed by atoms with Gasteiger partial charge in [0.15, 0.2) is 5.78 Å². The average molecular weight is 320 g/mol. The van der Waals surface area contributed by atoms with Crippen LogP contribution >= 0.6 is 11.6 Å². The first-order valence-corrected chi connectivity index (χ1v) is 7.41. The number of ether oxygens (including phenoxy) is 2. The van der Waals surface area contributed by atoms with Crippen molar-refractivity contribution in [3.63, 3.8) is 0 Å². The molecule has 0 aliphatic rings. The summed E-state index contributed by atoms with van der Waals surface area (Å²) in [6, 6.07) is 11.4. The maximum Gasteiger partial charge on any atom is 0.220 e. The van der Waals surface area contributed by atoms with E-state index < -0.39 is 0 Å². The molecular formula is C17H18ClNO3. The summed E-state index contributed by atoms with van der Waals surface area (Å²) in [4.78, 5) is 16.2. The lowest BCUT2D eigenvalue weighted by Gasteiger charge is -2.13. The van der Waals surface area contributed by atoms with Gasteiger partial charge in [0, 0.05) is 12.0 Å². The minimum atomic E-state index is -0.0130. The number of aromatic nitrogens is 1. The zero-order chi connectivity index (χ0) is 15.9. The van der Waals surface area contributed by atoms with Crippen LogP contribution < -0.4 is 4.74 Å². The van der Waals surface area contributed by atoms with Crippen LogP contribution in [0.2, 0.25) is 5.15 Å². The minimum Gasteiger partial charge on any atom is -0.481 e. The summed E-state index contributed by atoms with van der Waals surface area (Å²) < 4.78 is 10.9. The van der Waals surface area contributed by atoms with Crippen LogP contribution in [-0.4, -0.2) is 17.9 Å². The van der Waals surface area contributed by atoms with Crippen LogP contribution in [-0.2, 0) is 18.0 Å². The number of Topliss-reactive ketones (excluding diaryl/α,β-unsaturated/α-hetero) is 1. The third-order valence-corrected chi connectivity index (χ3v) is 3.42. The molecule has 22 heavy (non-hydrogen) atoms. The second-order valence-electron chi connectivity index (χ2n) is 4.74. The Morgan fingerprint density at radius 1 is 1.23 bits per heavy atom. The number of carbonyl (C=O) groups excluding carboxylic acids is 1. The minimum absolute atomic E-state index is 0.0130. The topological polar surface area (TPSA) is 48.4 Å². The number of carbonyl (C=O) groups is 1. The van der Waals surface area contributed by atoms with Gasteiger partial charge in [-0.2, -0.15) is 0 Å². The maximum atomic E-state index is 12.1. The second kappa shape index (κ2) is 7.92. The Morgan fingerprint density at radius 2 is 1.95 bits per heavy atom. The Hall–Kier alpha value is -1.91. The Balaban J connectivity index is 2.19. The summed E-state index contributed by atoms with van der Waals surface area (Å²) in [5.74, 6) is 0.318. The molecule has 0 amide bonds. The van der Waals surface area contributed by atoms with Crippen LogP contribution in [0.4, 0.5) is 0 Å². The molecule has 0 N–H and O–H groups in total. The lowest BCUT2D eigenvalue weighted by molar-refractivity contribution is 0.0948. The van der Waals surface area contributed by atoms with Gasteiger partial charge < -0.3 is 9.47 Å². The van der Waals surface area contributed by atoms with Gasteiger partial charge in [-0.3, -0.25) is 4.79 Å². The van der Waals surface area contributed by atoms with Gasteiger partial charge in [0.2, 0.25) is 5.88 Å². The summed E-state index contributed by atoms with van der Waals surface area (Å²) in [5.41, 5.74) is 2.20. The molecule has 116 valence electrons. The lowest BCUT2D eigenvalue weighted by Crippen LogP contribution is -2.08. The zero-order valence-corrected chi connectivity index (χ0v) is 13.4. The number of methoxy groups -OCH3 is 1. The summed E-state index contributed by atoms with van der Waals surface area (Å²) >= 11 is 5.95. The van der Waals surface area contributed by atoms with E-state index in [0.717, 1.165) is 5.56 Å². The van der Waals surface area contributed by atoms with E-state index >= 15 is 0 Å². The molecule has 1 aromatic carbocycles. The molecule has 0 spiro atoms. The highest BCUT2D eigenvalue weighted by molar-refractivity contribution is 6.29. The van der Waals surface area contributed by atoms with E-state index in [2.05, 4.69) is 4.98 Å². The highest BCUT2D eigenvalue weighted by Gasteiger charge is 2.17. The Labute approximate surface area is 135 Å². The number of benzene rings is 1. The molecule has 2 rings (SSSR count). The van der Waals surface area contributed by atoms with Crippen molar-refractivity contribution in [2.75, 3.05) is 7.11 Å². The van der Waals surface area contributed by atoms with Gasteiger partial charge in [0.1, 0.15) is 5.15 Å². The summed E-state index contributed by atoms with van der Waals surface area (Å²) in [6.45, 7) is 2.49. The molecular weight excluding hydrogens is 302 g/mol. The highest BCUT2D eigenvalue weighted by Crippen LogP contribution is 2.26. The van der Waals surface area contributed by atoms with Gasteiger partial charge in [-0.05, 0) is 11.6 Å². The number of nitrogens with zero attached hydrogens (tertiary/aromatic N) is 1. The third-order valence-electron chi connectivity index (χ3n) is 3.23. The molecule has 0 aliphatic carbocycles. The molecule has 0 unspecified atom stereocenters. The number of rotatable bonds is 7. The molecule has 1 heterocycles. The van der Waals surface area contributed by atoms with Crippen LogP contribution in [0.1, 0.15) is 34.8 Å². The van der Waals surface area contributed by atoms with E-state index in [4.69, 9.17) is 21.1 Å². The molecule has 5 heteroatoms. The van der Waals surface area contributed by atoms with E-state index in [9.17, 15) is 4.79 Å². The first kappa shape index (κ1) is 16.5. The molecule has 0 radical (unpaired) electrons. The van der Waals surface area contributed by atoms with Crippen molar-refractivity contribution in [3.05, 3.63) is 58.2 Å². The number of ketones is 1. The van der Waals surface area contributed by atoms with Crippen molar-refractivity contribution in [1.82, 2.24) is 4.98 Å². The van der Waals surface area contributed by atoms with Crippen LogP contribution in [0.5, 0.6) is 5.88 Å². The summed E-state index contributed by atoms with van der Waals surface area (Å²) in [7, 11) is 1.50. The van der Waals surface area contributed by atoms with Crippen LogP contribution in [0, 0.1) is 0 Å². The predicted molar refractivity (Wildman–Crippen MR) is 85.4 cm³/mol. The molecule has 0 aliphatic heterocycles. The van der Waals surface area contributed by atoms with E-state index in [1.54, 1.807) is 13.0 Å². The Kier molecular flexibility index (Phi) is 5.92. The monoisotopic (exact) mass is 319 g/mol. The van der Waals surface area contributed by atoms with Crippen molar-refractivity contribution in [2.45, 2.75) is 26.6 Å². The standard InChI is InChI=1S/C17H18ClNO3/c1-3-15(20)13-9-16(18)19-17(21-2)14(13)11-22-10-12-7-5-4-6-8-12/h4-9H,3,10-11H2,1-2H3. The van der Waals surface area contributed by atoms with Gasteiger partial charge in [-0.15, -0.1) is 0 Å². The highest BCUT2D eigenvalue weighted by atomic mass is 35.5. The first-order valence-electron chi connectivity index (χ1n) is 7.04. The Morgan fingerprint density at radius 3 is 2.59 bits per heavy atom. The van der Waals surface area contributed by atoms with Crippen LogP contribution in [0.25, 0.3) is 0 Å². The number of hydrogen-bond acceptors (Lipinski definition) is 4. The SMILES string of the molecule is CCC(=O)c1cc(Cl)nc(OC)c1COCc1ccccc1. The van der Waals surface area contributed by atoms with Gasteiger partial charge in [-0.25, -0.2) is 4.98 Å². The Bertz CT molecular complexity index is 644. The van der Waals surface area contributed by atoms with Crippen LogP contribution in [0.15, 0.2) is 36.4 Å². The molecule has 0 fully saturated rings. The maximum absolute atomic E-state index is 12.1. The quantitative estimate of drug-likeness (QED) is 0.570. The van der Waals surface area contributed by atoms with Crippen molar-refractivity contribution < 1.29 is 14.3 Å². The first-order chi connectivity index (χ1) is 10.7. The van der Waals surface area contributed by atoms with E-state index in [-0.39, 0.29) is 17.5 Å². The van der Waals surface area contributed by atoms with Gasteiger partial charge in [-0.1, -0.05) is 48.9 Å². The second-order valence-corrected chi connectivity index (χ2v) is 5.12. The fraction of sp³-hybridized carbons (Fsp3) is 0.294.